The van der Waals surface area contributed by atoms with Crippen LogP contribution in [-0.4, -0.2) is 22.9 Å². The molecule has 1 saturated heterocycles. The maximum atomic E-state index is 12.6. The quantitative estimate of drug-likeness (QED) is 0.476. The first kappa shape index (κ1) is 19.9. The maximum Gasteiger partial charge on any atom is 0.335 e. The predicted molar refractivity (Wildman–Crippen MR) is 114 cm³/mol. The molecule has 0 aromatic heterocycles. The molecule has 31 heavy (non-hydrogen) atoms. The number of carboxylic acids is 1. The zero-order valence-corrected chi connectivity index (χ0v) is 16.3. The lowest BCUT2D eigenvalue weighted by Gasteiger charge is -2.13. The first-order valence-corrected chi connectivity index (χ1v) is 9.48. The Hall–Kier alpha value is -4.39. The van der Waals surface area contributed by atoms with E-state index in [1.165, 1.54) is 17.2 Å². The van der Waals surface area contributed by atoms with Crippen molar-refractivity contribution in [3.05, 3.63) is 101 Å². The maximum absolute atomic E-state index is 12.6. The number of rotatable bonds is 6. The molecule has 7 nitrogen and oxygen atoms in total. The van der Waals surface area contributed by atoms with Crippen molar-refractivity contribution in [2.75, 3.05) is 5.01 Å². The van der Waals surface area contributed by atoms with Crippen LogP contribution in [0.2, 0.25) is 0 Å². The molecule has 3 aromatic carbocycles. The summed E-state index contributed by atoms with van der Waals surface area (Å²) in [5.41, 5.74) is 4.80. The van der Waals surface area contributed by atoms with Crippen LogP contribution in [0.3, 0.4) is 0 Å². The smallest absolute Gasteiger partial charge is 0.335 e. The van der Waals surface area contributed by atoms with Gasteiger partial charge in [-0.3, -0.25) is 15.0 Å². The second kappa shape index (κ2) is 8.54. The number of carbonyl (C=O) groups excluding carboxylic acids is 2. The summed E-state index contributed by atoms with van der Waals surface area (Å²) in [5.74, 6) is -1.30. The van der Waals surface area contributed by atoms with E-state index >= 15 is 0 Å². The third-order valence-electron chi connectivity index (χ3n) is 4.68. The standard InChI is InChI=1S/C24H18N2O5/c27-22-21(23(28)26(25-22)19-7-2-1-3-8-19)14-16-9-11-20(12-10-16)31-15-17-5-4-6-18(13-17)24(29)30/h1-14H,15H2,(H,25,27)(H,29,30)/b21-14-. The summed E-state index contributed by atoms with van der Waals surface area (Å²) in [6, 6.07) is 22.3. The molecule has 4 rings (SSSR count). The summed E-state index contributed by atoms with van der Waals surface area (Å²) in [4.78, 5) is 35.9. The molecule has 1 aliphatic rings. The van der Waals surface area contributed by atoms with Gasteiger partial charge in [-0.05, 0) is 53.6 Å². The monoisotopic (exact) mass is 414 g/mol. The normalized spacial score (nSPS) is 14.6. The van der Waals surface area contributed by atoms with Crippen molar-refractivity contribution in [1.29, 1.82) is 0 Å². The summed E-state index contributed by atoms with van der Waals surface area (Å²) in [6.45, 7) is 0.217. The van der Waals surface area contributed by atoms with Gasteiger partial charge < -0.3 is 9.84 Å². The van der Waals surface area contributed by atoms with E-state index in [0.29, 0.717) is 17.0 Å². The zero-order valence-electron chi connectivity index (χ0n) is 16.3. The Morgan fingerprint density at radius 1 is 0.968 bits per heavy atom. The van der Waals surface area contributed by atoms with Gasteiger partial charge in [0.15, 0.2) is 0 Å². The van der Waals surface area contributed by atoms with Crippen LogP contribution in [0, 0.1) is 0 Å². The van der Waals surface area contributed by atoms with Crippen molar-refractivity contribution >= 4 is 29.5 Å². The second-order valence-corrected chi connectivity index (χ2v) is 6.84. The molecule has 0 saturated carbocycles. The molecule has 2 N–H and O–H groups in total. The van der Waals surface area contributed by atoms with Crippen molar-refractivity contribution in [3.8, 4) is 5.75 Å². The SMILES string of the molecule is O=C1NN(c2ccccc2)C(=O)/C1=C\c1ccc(OCc2cccc(C(=O)O)c2)cc1. The van der Waals surface area contributed by atoms with Gasteiger partial charge in [-0.25, -0.2) is 9.80 Å². The van der Waals surface area contributed by atoms with Crippen LogP contribution in [0.4, 0.5) is 5.69 Å². The molecule has 7 heteroatoms. The first-order valence-electron chi connectivity index (χ1n) is 9.48. The minimum absolute atomic E-state index is 0.0445. The number of hydrazine groups is 1. The molecule has 0 spiro atoms. The molecule has 0 radical (unpaired) electrons. The highest BCUT2D eigenvalue weighted by molar-refractivity contribution is 6.31. The van der Waals surface area contributed by atoms with Gasteiger partial charge >= 0.3 is 5.97 Å². The summed E-state index contributed by atoms with van der Waals surface area (Å²) < 4.78 is 5.70. The summed E-state index contributed by atoms with van der Waals surface area (Å²) in [5, 5.41) is 10.3. The fourth-order valence-electron chi connectivity index (χ4n) is 3.10. The number of hydrogen-bond acceptors (Lipinski definition) is 4. The lowest BCUT2D eigenvalue weighted by atomic mass is 10.1. The molecule has 1 aliphatic heterocycles. The number of anilines is 1. The third kappa shape index (κ3) is 4.45. The largest absolute Gasteiger partial charge is 0.489 e. The van der Waals surface area contributed by atoms with E-state index in [2.05, 4.69) is 5.43 Å². The highest BCUT2D eigenvalue weighted by atomic mass is 16.5. The van der Waals surface area contributed by atoms with E-state index in [4.69, 9.17) is 9.84 Å². The molecule has 1 fully saturated rings. The zero-order chi connectivity index (χ0) is 21.8. The number of ether oxygens (including phenoxy) is 1. The number of nitrogens with zero attached hydrogens (tertiary/aromatic N) is 1. The summed E-state index contributed by atoms with van der Waals surface area (Å²) >= 11 is 0. The van der Waals surface area contributed by atoms with Crippen LogP contribution in [0.1, 0.15) is 21.5 Å². The number of carbonyl (C=O) groups is 3. The van der Waals surface area contributed by atoms with Gasteiger partial charge in [-0.15, -0.1) is 0 Å². The molecule has 3 aromatic rings. The number of para-hydroxylation sites is 1. The molecule has 0 unspecified atom stereocenters. The molecule has 154 valence electrons. The van der Waals surface area contributed by atoms with Crippen molar-refractivity contribution in [3.63, 3.8) is 0 Å². The van der Waals surface area contributed by atoms with Crippen LogP contribution >= 0.6 is 0 Å². The van der Waals surface area contributed by atoms with Gasteiger partial charge in [0.1, 0.15) is 17.9 Å². The van der Waals surface area contributed by atoms with E-state index in [1.54, 1.807) is 66.7 Å². The van der Waals surface area contributed by atoms with Crippen molar-refractivity contribution in [1.82, 2.24) is 5.43 Å². The first-order chi connectivity index (χ1) is 15.0. The Morgan fingerprint density at radius 2 is 1.71 bits per heavy atom. The Balaban J connectivity index is 1.44. The Labute approximate surface area is 178 Å². The van der Waals surface area contributed by atoms with Gasteiger partial charge in [0, 0.05) is 0 Å². The number of carboxylic acid groups (broad SMARTS) is 1. The van der Waals surface area contributed by atoms with Crippen molar-refractivity contribution in [2.24, 2.45) is 0 Å². The van der Waals surface area contributed by atoms with Crippen molar-refractivity contribution < 1.29 is 24.2 Å². The van der Waals surface area contributed by atoms with Crippen molar-refractivity contribution in [2.45, 2.75) is 6.61 Å². The average Bonchev–Trinajstić information content (AvgIpc) is 3.07. The van der Waals surface area contributed by atoms with Crippen LogP contribution in [0.15, 0.2) is 84.4 Å². The molecule has 1 heterocycles. The summed E-state index contributed by atoms with van der Waals surface area (Å²) in [6.07, 6.45) is 1.53. The second-order valence-electron chi connectivity index (χ2n) is 6.84. The molecule has 0 bridgehead atoms. The molecule has 0 aliphatic carbocycles. The van der Waals surface area contributed by atoms with Gasteiger partial charge in [0.05, 0.1) is 11.3 Å². The number of amides is 2. The van der Waals surface area contributed by atoms with Gasteiger partial charge in [-0.2, -0.15) is 0 Å². The van der Waals surface area contributed by atoms with Gasteiger partial charge in [0.25, 0.3) is 11.8 Å². The minimum Gasteiger partial charge on any atom is -0.489 e. The topological polar surface area (TPSA) is 95.9 Å². The molecular formula is C24H18N2O5. The number of nitrogens with one attached hydrogen (secondary N) is 1. The predicted octanol–water partition coefficient (Wildman–Crippen LogP) is 3.43. The Bertz CT molecular complexity index is 1170. The van der Waals surface area contributed by atoms with Gasteiger partial charge in [-0.1, -0.05) is 42.5 Å². The molecule has 2 amide bonds. The van der Waals surface area contributed by atoms with E-state index in [0.717, 1.165) is 5.56 Å². The fraction of sp³-hybridized carbons (Fsp3) is 0.0417. The van der Waals surface area contributed by atoms with E-state index in [-0.39, 0.29) is 17.7 Å². The number of aromatic carboxylic acids is 1. The molecule has 0 atom stereocenters. The third-order valence-corrected chi connectivity index (χ3v) is 4.68. The highest BCUT2D eigenvalue weighted by Gasteiger charge is 2.34. The average molecular weight is 414 g/mol. The lowest BCUT2D eigenvalue weighted by Crippen LogP contribution is -2.35. The van der Waals surface area contributed by atoms with Crippen LogP contribution in [-0.2, 0) is 16.2 Å². The lowest BCUT2D eigenvalue weighted by molar-refractivity contribution is -0.117. The molecular weight excluding hydrogens is 396 g/mol. The van der Waals surface area contributed by atoms with E-state index < -0.39 is 17.8 Å². The van der Waals surface area contributed by atoms with Gasteiger partial charge in [0.2, 0.25) is 0 Å². The number of hydrogen-bond donors (Lipinski definition) is 2. The summed E-state index contributed by atoms with van der Waals surface area (Å²) in [7, 11) is 0. The van der Waals surface area contributed by atoms with E-state index in [9.17, 15) is 14.4 Å². The van der Waals surface area contributed by atoms with Crippen LogP contribution in [0.25, 0.3) is 6.08 Å². The minimum atomic E-state index is -0.990. The van der Waals surface area contributed by atoms with Crippen LogP contribution in [0.5, 0.6) is 5.75 Å². The Morgan fingerprint density at radius 3 is 2.42 bits per heavy atom. The van der Waals surface area contributed by atoms with Crippen LogP contribution < -0.4 is 15.2 Å². The highest BCUT2D eigenvalue weighted by Crippen LogP contribution is 2.22. The number of benzene rings is 3. The Kier molecular flexibility index (Phi) is 5.49. The fourth-order valence-corrected chi connectivity index (χ4v) is 3.10. The van der Waals surface area contributed by atoms with E-state index in [1.807, 2.05) is 6.07 Å².